The SMILES string of the molecule is O=C1C2C3CC(C2C(=O)N1c1ccccc1Cl)[C@H](O)C3O. The Bertz CT molecular complexity index is 616. The highest BCUT2D eigenvalue weighted by Gasteiger charge is 2.67. The van der Waals surface area contributed by atoms with Crippen molar-refractivity contribution >= 4 is 29.1 Å². The van der Waals surface area contributed by atoms with Crippen molar-refractivity contribution in [2.75, 3.05) is 4.90 Å². The number of carbonyl (C=O) groups excluding carboxylic acids is 2. The van der Waals surface area contributed by atoms with Crippen LogP contribution in [0.2, 0.25) is 5.02 Å². The van der Waals surface area contributed by atoms with Crippen molar-refractivity contribution in [1.29, 1.82) is 0 Å². The molecule has 2 amide bonds. The molecule has 2 N–H and O–H groups in total. The van der Waals surface area contributed by atoms with Gasteiger partial charge >= 0.3 is 0 Å². The lowest BCUT2D eigenvalue weighted by Gasteiger charge is -2.29. The second kappa shape index (κ2) is 4.29. The molecular formula is C15H14ClNO4. The minimum atomic E-state index is -0.917. The molecule has 1 aromatic rings. The molecule has 2 bridgehead atoms. The van der Waals surface area contributed by atoms with Crippen LogP contribution in [0, 0.1) is 23.7 Å². The second-order valence-electron chi connectivity index (χ2n) is 6.06. The standard InChI is InChI=1S/C15H14ClNO4/c16-8-3-1-2-4-9(8)17-14(20)10-6-5-7(11(10)15(17)21)13(19)12(6)18/h1-4,6-7,10-13,18-19H,5H2/t6?,7?,10?,11?,12-,13?/m0/s1. The van der Waals surface area contributed by atoms with Gasteiger partial charge in [-0.1, -0.05) is 23.7 Å². The van der Waals surface area contributed by atoms with E-state index in [1.807, 2.05) is 0 Å². The number of aliphatic hydroxyl groups is 2. The molecule has 2 aliphatic carbocycles. The molecule has 0 radical (unpaired) electrons. The predicted molar refractivity (Wildman–Crippen MR) is 74.5 cm³/mol. The number of hydrogen-bond acceptors (Lipinski definition) is 4. The first kappa shape index (κ1) is 13.2. The Kier molecular flexibility index (Phi) is 2.70. The van der Waals surface area contributed by atoms with Crippen LogP contribution in [0.4, 0.5) is 5.69 Å². The number of halogens is 1. The lowest BCUT2D eigenvalue weighted by atomic mass is 9.78. The summed E-state index contributed by atoms with van der Waals surface area (Å²) in [5, 5.41) is 20.3. The molecule has 3 aliphatic rings. The summed E-state index contributed by atoms with van der Waals surface area (Å²) >= 11 is 6.09. The summed E-state index contributed by atoms with van der Waals surface area (Å²) in [7, 11) is 0. The zero-order valence-corrected chi connectivity index (χ0v) is 11.8. The van der Waals surface area contributed by atoms with Crippen LogP contribution < -0.4 is 4.90 Å². The van der Waals surface area contributed by atoms with Crippen molar-refractivity contribution < 1.29 is 19.8 Å². The van der Waals surface area contributed by atoms with Gasteiger partial charge in [-0.05, 0) is 18.6 Å². The monoisotopic (exact) mass is 307 g/mol. The Balaban J connectivity index is 1.77. The van der Waals surface area contributed by atoms with E-state index in [0.29, 0.717) is 17.1 Å². The lowest BCUT2D eigenvalue weighted by Crippen LogP contribution is -2.43. The van der Waals surface area contributed by atoms with E-state index in [1.54, 1.807) is 24.3 Å². The summed E-state index contributed by atoms with van der Waals surface area (Å²) in [4.78, 5) is 26.4. The number of carbonyl (C=O) groups is 2. The van der Waals surface area contributed by atoms with E-state index < -0.39 is 24.0 Å². The highest BCUT2D eigenvalue weighted by atomic mass is 35.5. The van der Waals surface area contributed by atoms with Gasteiger partial charge in [-0.2, -0.15) is 0 Å². The van der Waals surface area contributed by atoms with Crippen LogP contribution in [0.3, 0.4) is 0 Å². The van der Waals surface area contributed by atoms with Crippen molar-refractivity contribution in [2.45, 2.75) is 18.6 Å². The Morgan fingerprint density at radius 3 is 2.05 bits per heavy atom. The van der Waals surface area contributed by atoms with Gasteiger partial charge in [0.1, 0.15) is 0 Å². The average molecular weight is 308 g/mol. The maximum atomic E-state index is 12.6. The second-order valence-corrected chi connectivity index (χ2v) is 6.47. The van der Waals surface area contributed by atoms with E-state index in [1.165, 1.54) is 0 Å². The van der Waals surface area contributed by atoms with E-state index in [-0.39, 0.29) is 23.7 Å². The predicted octanol–water partition coefficient (Wildman–Crippen LogP) is 0.817. The van der Waals surface area contributed by atoms with E-state index in [9.17, 15) is 19.8 Å². The molecule has 0 spiro atoms. The van der Waals surface area contributed by atoms with Gasteiger partial charge in [0.2, 0.25) is 11.8 Å². The van der Waals surface area contributed by atoms with Gasteiger partial charge in [0.15, 0.2) is 0 Å². The highest BCUT2D eigenvalue weighted by molar-refractivity contribution is 6.36. The quantitative estimate of drug-likeness (QED) is 0.753. The fourth-order valence-corrected chi connectivity index (χ4v) is 4.52. The van der Waals surface area contributed by atoms with Gasteiger partial charge in [0, 0.05) is 11.8 Å². The molecule has 1 aliphatic heterocycles. The van der Waals surface area contributed by atoms with Crippen LogP contribution in [-0.2, 0) is 9.59 Å². The van der Waals surface area contributed by atoms with Crippen molar-refractivity contribution in [3.63, 3.8) is 0 Å². The molecule has 6 heteroatoms. The van der Waals surface area contributed by atoms with Crippen LogP contribution in [0.25, 0.3) is 0 Å². The molecule has 110 valence electrons. The van der Waals surface area contributed by atoms with Gasteiger partial charge in [-0.15, -0.1) is 0 Å². The van der Waals surface area contributed by atoms with Crippen molar-refractivity contribution in [3.8, 4) is 0 Å². The molecule has 5 unspecified atom stereocenters. The highest BCUT2D eigenvalue weighted by Crippen LogP contribution is 2.57. The fourth-order valence-electron chi connectivity index (χ4n) is 4.30. The first-order valence-corrected chi connectivity index (χ1v) is 7.38. The molecule has 0 aromatic heterocycles. The molecule has 6 atom stereocenters. The number of benzene rings is 1. The number of hydrogen-bond donors (Lipinski definition) is 2. The number of rotatable bonds is 1. The molecule has 1 saturated heterocycles. The largest absolute Gasteiger partial charge is 0.390 e. The van der Waals surface area contributed by atoms with E-state index in [2.05, 4.69) is 0 Å². The third kappa shape index (κ3) is 1.54. The van der Waals surface area contributed by atoms with Gasteiger partial charge < -0.3 is 10.2 Å². The molecule has 21 heavy (non-hydrogen) atoms. The van der Waals surface area contributed by atoms with Crippen molar-refractivity contribution in [3.05, 3.63) is 29.3 Å². The number of fused-ring (bicyclic) bond motifs is 5. The Morgan fingerprint density at radius 1 is 1.00 bits per heavy atom. The normalized spacial score (nSPS) is 41.0. The lowest BCUT2D eigenvalue weighted by molar-refractivity contribution is -0.129. The smallest absolute Gasteiger partial charge is 0.238 e. The molecule has 3 fully saturated rings. The van der Waals surface area contributed by atoms with Gasteiger partial charge in [-0.25, -0.2) is 4.90 Å². The third-order valence-electron chi connectivity index (χ3n) is 5.19. The maximum absolute atomic E-state index is 12.6. The third-order valence-corrected chi connectivity index (χ3v) is 5.51. The van der Waals surface area contributed by atoms with Crippen LogP contribution in [0.1, 0.15) is 6.42 Å². The van der Waals surface area contributed by atoms with Crippen molar-refractivity contribution in [1.82, 2.24) is 0 Å². The maximum Gasteiger partial charge on any atom is 0.238 e. The Hall–Kier alpha value is -1.43. The summed E-state index contributed by atoms with van der Waals surface area (Å²) in [6.45, 7) is 0. The van der Waals surface area contributed by atoms with Gasteiger partial charge in [0.25, 0.3) is 0 Å². The minimum absolute atomic E-state index is 0.309. The van der Waals surface area contributed by atoms with Crippen molar-refractivity contribution in [2.24, 2.45) is 23.7 Å². The molecule has 2 saturated carbocycles. The molecule has 5 nitrogen and oxygen atoms in total. The minimum Gasteiger partial charge on any atom is -0.390 e. The molecule has 4 rings (SSSR count). The topological polar surface area (TPSA) is 77.8 Å². The van der Waals surface area contributed by atoms with E-state index in [4.69, 9.17) is 11.6 Å². The number of amides is 2. The summed E-state index contributed by atoms with van der Waals surface area (Å²) in [5.74, 6) is -2.35. The van der Waals surface area contributed by atoms with Crippen LogP contribution in [0.15, 0.2) is 24.3 Å². The van der Waals surface area contributed by atoms with Crippen LogP contribution in [-0.4, -0.2) is 34.2 Å². The summed E-state index contributed by atoms with van der Waals surface area (Å²) in [5.41, 5.74) is 0.381. The molecule has 1 heterocycles. The molecular weight excluding hydrogens is 294 g/mol. The molecule has 1 aromatic carbocycles. The van der Waals surface area contributed by atoms with Gasteiger partial charge in [0.05, 0.1) is 34.8 Å². The van der Waals surface area contributed by atoms with E-state index >= 15 is 0 Å². The number of anilines is 1. The first-order chi connectivity index (χ1) is 10.0. The summed E-state index contributed by atoms with van der Waals surface area (Å²) < 4.78 is 0. The summed E-state index contributed by atoms with van der Waals surface area (Å²) in [6.07, 6.45) is -1.30. The van der Waals surface area contributed by atoms with Crippen LogP contribution in [0.5, 0.6) is 0 Å². The first-order valence-electron chi connectivity index (χ1n) is 7.01. The Morgan fingerprint density at radius 2 is 1.52 bits per heavy atom. The number of nitrogens with zero attached hydrogens (tertiary/aromatic N) is 1. The summed E-state index contributed by atoms with van der Waals surface area (Å²) in [6, 6.07) is 6.71. The van der Waals surface area contributed by atoms with E-state index in [0.717, 1.165) is 4.90 Å². The number of para-hydroxylation sites is 1. The van der Waals surface area contributed by atoms with Gasteiger partial charge in [-0.3, -0.25) is 9.59 Å². The average Bonchev–Trinajstić information content (AvgIpc) is 3.06. The number of imide groups is 1. The fraction of sp³-hybridized carbons (Fsp3) is 0.467. The van der Waals surface area contributed by atoms with Crippen LogP contribution >= 0.6 is 11.6 Å². The number of aliphatic hydroxyl groups excluding tert-OH is 2. The Labute approximate surface area is 126 Å². The zero-order valence-electron chi connectivity index (χ0n) is 11.0. The zero-order chi connectivity index (χ0) is 14.9.